The van der Waals surface area contributed by atoms with E-state index >= 15 is 0 Å². The lowest BCUT2D eigenvalue weighted by atomic mass is 9.70. The summed E-state index contributed by atoms with van der Waals surface area (Å²) in [5.41, 5.74) is -1.39. The van der Waals surface area contributed by atoms with E-state index < -0.39 is 23.0 Å². The lowest BCUT2D eigenvalue weighted by Gasteiger charge is -2.36. The van der Waals surface area contributed by atoms with Crippen LogP contribution < -0.4 is 0 Å². The zero-order valence-corrected chi connectivity index (χ0v) is 15.3. The minimum absolute atomic E-state index is 0.0241. The maximum atomic E-state index is 13.1. The third-order valence-corrected chi connectivity index (χ3v) is 5.44. The molecular formula is C18H30N2O3. The van der Waals surface area contributed by atoms with E-state index in [-0.39, 0.29) is 11.8 Å². The first-order valence-electron chi connectivity index (χ1n) is 8.76. The Morgan fingerprint density at radius 3 is 1.39 bits per heavy atom. The van der Waals surface area contributed by atoms with Crippen molar-refractivity contribution in [1.29, 1.82) is 0 Å². The molecule has 0 saturated carbocycles. The molecule has 5 heteroatoms. The highest BCUT2D eigenvalue weighted by Crippen LogP contribution is 2.54. The van der Waals surface area contributed by atoms with Crippen LogP contribution >= 0.6 is 0 Å². The lowest BCUT2D eigenvalue weighted by molar-refractivity contribution is -0.147. The van der Waals surface area contributed by atoms with Gasteiger partial charge in [-0.2, -0.15) is 0 Å². The lowest BCUT2D eigenvalue weighted by Crippen LogP contribution is -2.53. The van der Waals surface area contributed by atoms with Crippen LogP contribution in [0, 0.1) is 11.8 Å². The fourth-order valence-electron chi connectivity index (χ4n) is 4.11. The molecule has 4 atom stereocenters. The van der Waals surface area contributed by atoms with Crippen molar-refractivity contribution in [2.45, 2.75) is 52.7 Å². The van der Waals surface area contributed by atoms with E-state index in [0.717, 1.165) is 0 Å². The summed E-state index contributed by atoms with van der Waals surface area (Å²) in [4.78, 5) is 29.8. The highest BCUT2D eigenvalue weighted by atomic mass is 16.5. The smallest absolute Gasteiger partial charge is 0.229 e. The Bertz CT molecular complexity index is 466. The van der Waals surface area contributed by atoms with Crippen molar-refractivity contribution in [3.63, 3.8) is 0 Å². The van der Waals surface area contributed by atoms with Gasteiger partial charge in [0.15, 0.2) is 0 Å². The second-order valence-corrected chi connectivity index (χ2v) is 6.78. The summed E-state index contributed by atoms with van der Waals surface area (Å²) in [6, 6.07) is 0. The Morgan fingerprint density at radius 2 is 1.13 bits per heavy atom. The van der Waals surface area contributed by atoms with Gasteiger partial charge in [0.25, 0.3) is 0 Å². The van der Waals surface area contributed by atoms with Crippen LogP contribution in [0.1, 0.15) is 41.5 Å². The molecule has 130 valence electrons. The van der Waals surface area contributed by atoms with Gasteiger partial charge >= 0.3 is 0 Å². The van der Waals surface area contributed by atoms with Crippen LogP contribution in [0.5, 0.6) is 0 Å². The molecule has 0 radical (unpaired) electrons. The fourth-order valence-corrected chi connectivity index (χ4v) is 4.11. The molecule has 4 unspecified atom stereocenters. The van der Waals surface area contributed by atoms with Gasteiger partial charge in [-0.05, 0) is 41.5 Å². The van der Waals surface area contributed by atoms with Crippen LogP contribution in [-0.4, -0.2) is 59.0 Å². The monoisotopic (exact) mass is 322 g/mol. The van der Waals surface area contributed by atoms with Gasteiger partial charge < -0.3 is 14.5 Å². The van der Waals surface area contributed by atoms with E-state index in [1.807, 2.05) is 53.7 Å². The predicted molar refractivity (Wildman–Crippen MR) is 89.9 cm³/mol. The van der Waals surface area contributed by atoms with Gasteiger partial charge in [-0.25, -0.2) is 0 Å². The number of hydrogen-bond acceptors (Lipinski definition) is 3. The second-order valence-electron chi connectivity index (χ2n) is 6.78. The number of ether oxygens (including phenoxy) is 1. The van der Waals surface area contributed by atoms with Gasteiger partial charge in [0.2, 0.25) is 11.8 Å². The molecule has 2 aliphatic rings. The molecule has 2 amide bonds. The quantitative estimate of drug-likeness (QED) is 0.704. The molecule has 2 rings (SSSR count). The van der Waals surface area contributed by atoms with Crippen molar-refractivity contribution >= 4 is 11.8 Å². The van der Waals surface area contributed by atoms with Crippen LogP contribution in [0.4, 0.5) is 0 Å². The minimum Gasteiger partial charge on any atom is -0.359 e. The summed E-state index contributed by atoms with van der Waals surface area (Å²) < 4.78 is 6.19. The summed E-state index contributed by atoms with van der Waals surface area (Å²) in [6.45, 7) is 14.3. The van der Waals surface area contributed by atoms with Crippen LogP contribution in [0.25, 0.3) is 0 Å². The Labute approximate surface area is 139 Å². The van der Waals surface area contributed by atoms with Gasteiger partial charge in [0, 0.05) is 26.2 Å². The topological polar surface area (TPSA) is 49.9 Å². The van der Waals surface area contributed by atoms with Crippen molar-refractivity contribution in [1.82, 2.24) is 9.80 Å². The number of carbonyl (C=O) groups excluding carboxylic acids is 2. The SMILES string of the molecule is CCN(CC)C(=O)C1C(C(=O)N(CC)CC)C2(C)C=CC1(C)O2. The van der Waals surface area contributed by atoms with E-state index in [4.69, 9.17) is 4.74 Å². The van der Waals surface area contributed by atoms with Crippen molar-refractivity contribution in [2.24, 2.45) is 11.8 Å². The Balaban J connectivity index is 2.43. The van der Waals surface area contributed by atoms with E-state index in [1.54, 1.807) is 9.80 Å². The van der Waals surface area contributed by atoms with Crippen molar-refractivity contribution in [2.75, 3.05) is 26.2 Å². The molecule has 1 fully saturated rings. The molecular weight excluding hydrogens is 292 g/mol. The molecule has 0 N–H and O–H groups in total. The van der Waals surface area contributed by atoms with Gasteiger partial charge in [-0.15, -0.1) is 0 Å². The molecule has 0 aromatic carbocycles. The summed E-state index contributed by atoms with van der Waals surface area (Å²) in [5, 5.41) is 0. The molecule has 0 spiro atoms. The summed E-state index contributed by atoms with van der Waals surface area (Å²) in [7, 11) is 0. The molecule has 1 saturated heterocycles. The van der Waals surface area contributed by atoms with E-state index in [9.17, 15) is 9.59 Å². The third-order valence-electron chi connectivity index (χ3n) is 5.44. The van der Waals surface area contributed by atoms with E-state index in [0.29, 0.717) is 26.2 Å². The first kappa shape index (κ1) is 18.0. The van der Waals surface area contributed by atoms with Gasteiger partial charge in [-0.1, -0.05) is 12.2 Å². The van der Waals surface area contributed by atoms with Crippen LogP contribution in [-0.2, 0) is 14.3 Å². The highest BCUT2D eigenvalue weighted by molar-refractivity contribution is 5.91. The van der Waals surface area contributed by atoms with Crippen LogP contribution in [0.2, 0.25) is 0 Å². The van der Waals surface area contributed by atoms with Gasteiger partial charge in [0.05, 0.1) is 23.0 Å². The number of fused-ring (bicyclic) bond motifs is 2. The molecule has 0 aromatic heterocycles. The molecule has 2 bridgehead atoms. The maximum absolute atomic E-state index is 13.1. The Morgan fingerprint density at radius 1 is 0.826 bits per heavy atom. The summed E-state index contributed by atoms with van der Waals surface area (Å²) in [6.07, 6.45) is 3.93. The van der Waals surface area contributed by atoms with E-state index in [1.165, 1.54) is 0 Å². The van der Waals surface area contributed by atoms with Crippen molar-refractivity contribution < 1.29 is 14.3 Å². The Kier molecular flexibility index (Phi) is 4.90. The van der Waals surface area contributed by atoms with Gasteiger partial charge in [-0.3, -0.25) is 9.59 Å². The number of amides is 2. The molecule has 0 aromatic rings. The average molecular weight is 322 g/mol. The second kappa shape index (κ2) is 6.27. The minimum atomic E-state index is -0.693. The first-order valence-corrected chi connectivity index (χ1v) is 8.76. The zero-order valence-electron chi connectivity index (χ0n) is 15.3. The summed E-state index contributed by atoms with van der Waals surface area (Å²) in [5.74, 6) is -0.858. The zero-order chi connectivity index (χ0) is 17.4. The largest absolute Gasteiger partial charge is 0.359 e. The molecule has 23 heavy (non-hydrogen) atoms. The first-order chi connectivity index (χ1) is 10.8. The normalized spacial score (nSPS) is 34.7. The van der Waals surface area contributed by atoms with Crippen LogP contribution in [0.3, 0.4) is 0 Å². The highest BCUT2D eigenvalue weighted by Gasteiger charge is 2.65. The van der Waals surface area contributed by atoms with Crippen LogP contribution in [0.15, 0.2) is 12.2 Å². The molecule has 0 aliphatic carbocycles. The predicted octanol–water partition coefficient (Wildman–Crippen LogP) is 2.07. The van der Waals surface area contributed by atoms with Gasteiger partial charge in [0.1, 0.15) is 0 Å². The van der Waals surface area contributed by atoms with Crippen molar-refractivity contribution in [3.8, 4) is 0 Å². The molecule has 2 heterocycles. The average Bonchev–Trinajstić information content (AvgIpc) is 2.95. The maximum Gasteiger partial charge on any atom is 0.229 e. The molecule has 5 nitrogen and oxygen atoms in total. The summed E-state index contributed by atoms with van der Waals surface area (Å²) >= 11 is 0. The third kappa shape index (κ3) is 2.69. The van der Waals surface area contributed by atoms with E-state index in [2.05, 4.69) is 0 Å². The number of rotatable bonds is 6. The Hall–Kier alpha value is -1.36. The number of hydrogen-bond donors (Lipinski definition) is 0. The fraction of sp³-hybridized carbons (Fsp3) is 0.778. The molecule has 2 aliphatic heterocycles. The number of carbonyl (C=O) groups is 2. The number of nitrogens with zero attached hydrogens (tertiary/aromatic N) is 2. The van der Waals surface area contributed by atoms with Crippen molar-refractivity contribution in [3.05, 3.63) is 12.2 Å². The standard InChI is InChI=1S/C18H30N2O3/c1-7-19(8-2)15(21)13-14(16(22)20(9-3)10-4)18(6)12-11-17(13,5)23-18/h11-14H,7-10H2,1-6H3.